The Hall–Kier alpha value is -0.540. The number of nitrogens with one attached hydrogen (secondary N) is 1. The van der Waals surface area contributed by atoms with Crippen LogP contribution in [0.2, 0.25) is 0 Å². The lowest BCUT2D eigenvalue weighted by atomic mass is 9.69. The van der Waals surface area contributed by atoms with Gasteiger partial charge in [0.05, 0.1) is 5.69 Å². The Kier molecular flexibility index (Phi) is 3.71. The number of nitrogens with zero attached hydrogens (tertiary/aromatic N) is 1. The van der Waals surface area contributed by atoms with Crippen molar-refractivity contribution in [1.82, 2.24) is 5.32 Å². The Labute approximate surface area is 156 Å². The first-order valence-corrected chi connectivity index (χ1v) is 11.9. The number of thiophene rings is 1. The summed E-state index contributed by atoms with van der Waals surface area (Å²) < 4.78 is 0. The molecular weight excluding hydrogens is 324 g/mol. The molecular formula is C22H32N2S. The van der Waals surface area contributed by atoms with Crippen molar-refractivity contribution in [2.45, 2.75) is 101 Å². The highest BCUT2D eigenvalue weighted by Gasteiger charge is 2.54. The molecule has 0 aromatic carbocycles. The molecule has 4 fully saturated rings. The molecule has 1 saturated heterocycles. The van der Waals surface area contributed by atoms with Gasteiger partial charge in [-0.05, 0) is 61.8 Å². The van der Waals surface area contributed by atoms with Gasteiger partial charge in [-0.25, -0.2) is 0 Å². The Bertz CT molecular complexity index is 634. The summed E-state index contributed by atoms with van der Waals surface area (Å²) in [7, 11) is 0. The van der Waals surface area contributed by atoms with Crippen molar-refractivity contribution in [1.29, 1.82) is 0 Å². The quantitative estimate of drug-likeness (QED) is 0.735. The molecule has 0 spiro atoms. The van der Waals surface area contributed by atoms with Crippen LogP contribution in [0.15, 0.2) is 11.4 Å². The minimum Gasteiger partial charge on any atom is -0.364 e. The maximum absolute atomic E-state index is 4.11. The van der Waals surface area contributed by atoms with Crippen LogP contribution < -0.4 is 10.2 Å². The Balaban J connectivity index is 1.32. The molecule has 2 nitrogen and oxygen atoms in total. The van der Waals surface area contributed by atoms with E-state index in [1.807, 2.05) is 0 Å². The number of hydrogen-bond acceptors (Lipinski definition) is 3. The van der Waals surface area contributed by atoms with Crippen LogP contribution in [0.4, 0.5) is 5.69 Å². The monoisotopic (exact) mass is 356 g/mol. The van der Waals surface area contributed by atoms with Crippen LogP contribution in [0.1, 0.15) is 81.4 Å². The highest BCUT2D eigenvalue weighted by atomic mass is 32.1. The molecule has 0 radical (unpaired) electrons. The van der Waals surface area contributed by atoms with Crippen LogP contribution in [0.25, 0.3) is 0 Å². The molecule has 6 atom stereocenters. The van der Waals surface area contributed by atoms with Crippen LogP contribution in [0.3, 0.4) is 0 Å². The van der Waals surface area contributed by atoms with Gasteiger partial charge in [0.2, 0.25) is 0 Å². The van der Waals surface area contributed by atoms with E-state index in [2.05, 4.69) is 33.0 Å². The zero-order chi connectivity index (χ0) is 16.4. The summed E-state index contributed by atoms with van der Waals surface area (Å²) in [5.41, 5.74) is 1.65. The van der Waals surface area contributed by atoms with Crippen molar-refractivity contribution >= 4 is 17.0 Å². The van der Waals surface area contributed by atoms with Gasteiger partial charge in [-0.1, -0.05) is 32.1 Å². The van der Waals surface area contributed by atoms with Crippen LogP contribution >= 0.6 is 11.3 Å². The highest BCUT2D eigenvalue weighted by Crippen LogP contribution is 2.56. The molecule has 3 heterocycles. The molecule has 6 unspecified atom stereocenters. The van der Waals surface area contributed by atoms with Crippen LogP contribution in [-0.2, 0) is 0 Å². The molecule has 1 N–H and O–H groups in total. The molecule has 3 saturated carbocycles. The second-order valence-electron chi connectivity index (χ2n) is 9.51. The van der Waals surface area contributed by atoms with Gasteiger partial charge in [-0.15, -0.1) is 11.3 Å². The van der Waals surface area contributed by atoms with Gasteiger partial charge < -0.3 is 10.2 Å². The lowest BCUT2D eigenvalue weighted by Gasteiger charge is -2.44. The number of rotatable bonds is 1. The van der Waals surface area contributed by atoms with Crippen LogP contribution in [-0.4, -0.2) is 24.2 Å². The van der Waals surface area contributed by atoms with Gasteiger partial charge in [0, 0.05) is 35.0 Å². The van der Waals surface area contributed by atoms with Gasteiger partial charge in [0.1, 0.15) is 0 Å². The normalized spacial score (nSPS) is 43.4. The molecule has 0 bridgehead atoms. The largest absolute Gasteiger partial charge is 0.364 e. The van der Waals surface area contributed by atoms with Crippen molar-refractivity contribution in [2.24, 2.45) is 11.8 Å². The minimum absolute atomic E-state index is 0.815. The molecule has 136 valence electrons. The van der Waals surface area contributed by atoms with E-state index in [0.717, 1.165) is 41.9 Å². The highest BCUT2D eigenvalue weighted by molar-refractivity contribution is 7.10. The van der Waals surface area contributed by atoms with Crippen molar-refractivity contribution < 1.29 is 0 Å². The number of hydrogen-bond donors (Lipinski definition) is 1. The van der Waals surface area contributed by atoms with Crippen LogP contribution in [0, 0.1) is 11.8 Å². The summed E-state index contributed by atoms with van der Waals surface area (Å²) in [6.07, 6.45) is 16.0. The molecule has 0 amide bonds. The summed E-state index contributed by atoms with van der Waals surface area (Å²) in [6.45, 7) is 0. The third-order valence-electron chi connectivity index (χ3n) is 8.41. The van der Waals surface area contributed by atoms with Gasteiger partial charge in [0.25, 0.3) is 0 Å². The van der Waals surface area contributed by atoms with E-state index in [9.17, 15) is 0 Å². The van der Waals surface area contributed by atoms with E-state index in [-0.39, 0.29) is 0 Å². The first-order chi connectivity index (χ1) is 12.4. The maximum atomic E-state index is 4.11. The van der Waals surface area contributed by atoms with Crippen molar-refractivity contribution in [3.05, 3.63) is 16.3 Å². The maximum Gasteiger partial charge on any atom is 0.0516 e. The van der Waals surface area contributed by atoms with Gasteiger partial charge in [-0.3, -0.25) is 0 Å². The lowest BCUT2D eigenvalue weighted by molar-refractivity contribution is 0.196. The average molecular weight is 357 g/mol. The predicted molar refractivity (Wildman–Crippen MR) is 106 cm³/mol. The predicted octanol–water partition coefficient (Wildman–Crippen LogP) is 5.29. The summed E-state index contributed by atoms with van der Waals surface area (Å²) in [6, 6.07) is 5.79. The second-order valence-corrected chi connectivity index (χ2v) is 10.5. The summed E-state index contributed by atoms with van der Waals surface area (Å²) in [5, 5.41) is 6.48. The first kappa shape index (κ1) is 15.5. The topological polar surface area (TPSA) is 15.3 Å². The smallest absolute Gasteiger partial charge is 0.0516 e. The first-order valence-electron chi connectivity index (χ1n) is 11.0. The molecule has 1 aromatic rings. The fourth-order valence-electron chi connectivity index (χ4n) is 7.43. The number of anilines is 1. The molecule has 5 aliphatic rings. The molecule has 25 heavy (non-hydrogen) atoms. The average Bonchev–Trinajstić information content (AvgIpc) is 3.33. The van der Waals surface area contributed by atoms with E-state index < -0.39 is 0 Å². The minimum atomic E-state index is 0.815. The van der Waals surface area contributed by atoms with E-state index in [1.165, 1.54) is 70.6 Å². The zero-order valence-corrected chi connectivity index (χ0v) is 16.1. The molecule has 2 aliphatic heterocycles. The second kappa shape index (κ2) is 5.99. The van der Waals surface area contributed by atoms with Crippen molar-refractivity contribution in [2.75, 3.05) is 4.90 Å². The zero-order valence-electron chi connectivity index (χ0n) is 15.3. The summed E-state index contributed by atoms with van der Waals surface area (Å²) >= 11 is 2.06. The fourth-order valence-corrected chi connectivity index (χ4v) is 8.50. The molecule has 6 rings (SSSR count). The molecule has 3 aliphatic carbocycles. The van der Waals surface area contributed by atoms with Gasteiger partial charge in [0.15, 0.2) is 0 Å². The summed E-state index contributed by atoms with van der Waals surface area (Å²) in [4.78, 5) is 4.70. The Morgan fingerprint density at radius 3 is 2.64 bits per heavy atom. The molecule has 3 heteroatoms. The Morgan fingerprint density at radius 1 is 0.880 bits per heavy atom. The third-order valence-corrected chi connectivity index (χ3v) is 9.45. The SMILES string of the molecule is c1cc2c(s1)C1CC3NC4CCCCC4C3CC1N2C1CCCCC1. The van der Waals surface area contributed by atoms with E-state index in [0.29, 0.717) is 0 Å². The summed E-state index contributed by atoms with van der Waals surface area (Å²) in [5.74, 6) is 2.78. The van der Waals surface area contributed by atoms with Crippen molar-refractivity contribution in [3.8, 4) is 0 Å². The van der Waals surface area contributed by atoms with Gasteiger partial charge >= 0.3 is 0 Å². The Morgan fingerprint density at radius 2 is 1.72 bits per heavy atom. The lowest BCUT2D eigenvalue weighted by Crippen LogP contribution is -2.49. The molecule has 1 aromatic heterocycles. The van der Waals surface area contributed by atoms with E-state index >= 15 is 0 Å². The standard InChI is InChI=1S/C22H32N2S/c1-2-6-14(7-3-1)24-20-10-11-25-22(20)17-12-19-16(13-21(17)24)15-8-4-5-9-18(15)23-19/h10-11,14-19,21,23H,1-9,12-13H2. The van der Waals surface area contributed by atoms with Gasteiger partial charge in [-0.2, -0.15) is 0 Å². The van der Waals surface area contributed by atoms with Crippen molar-refractivity contribution in [3.63, 3.8) is 0 Å². The third kappa shape index (κ3) is 2.31. The van der Waals surface area contributed by atoms with E-state index in [4.69, 9.17) is 0 Å². The van der Waals surface area contributed by atoms with E-state index in [1.54, 1.807) is 10.6 Å². The fraction of sp³-hybridized carbons (Fsp3) is 0.818. The number of fused-ring (bicyclic) bond motifs is 6. The van der Waals surface area contributed by atoms with Crippen LogP contribution in [0.5, 0.6) is 0 Å².